The summed E-state index contributed by atoms with van der Waals surface area (Å²) in [6.45, 7) is 0. The summed E-state index contributed by atoms with van der Waals surface area (Å²) in [5.41, 5.74) is 6.00. The maximum absolute atomic E-state index is 6.08. The molecule has 2 aliphatic carbocycles. The molecule has 1 saturated heterocycles. The maximum Gasteiger partial charge on any atom is 0.169 e. The van der Waals surface area contributed by atoms with Gasteiger partial charge in [-0.3, -0.25) is 0 Å². The summed E-state index contributed by atoms with van der Waals surface area (Å²) in [4.78, 5) is 0. The molecule has 80 valence electrons. The molecule has 3 rings (SSSR count). The highest BCUT2D eigenvalue weighted by Crippen LogP contribution is 2.44. The second-order valence-electron chi connectivity index (χ2n) is 4.95. The number of hydrogen-bond acceptors (Lipinski definition) is 3. The van der Waals surface area contributed by atoms with Gasteiger partial charge in [0.1, 0.15) is 6.10 Å². The summed E-state index contributed by atoms with van der Waals surface area (Å²) < 4.78 is 12.2. The van der Waals surface area contributed by atoms with E-state index in [2.05, 4.69) is 0 Å². The van der Waals surface area contributed by atoms with Crippen LogP contribution < -0.4 is 5.73 Å². The van der Waals surface area contributed by atoms with Gasteiger partial charge >= 0.3 is 0 Å². The van der Waals surface area contributed by atoms with Crippen molar-refractivity contribution in [1.82, 2.24) is 0 Å². The molecule has 2 saturated carbocycles. The molecule has 0 unspecified atom stereocenters. The lowest BCUT2D eigenvalue weighted by Gasteiger charge is -2.33. The van der Waals surface area contributed by atoms with Crippen LogP contribution in [-0.2, 0) is 9.47 Å². The average molecular weight is 197 g/mol. The first-order chi connectivity index (χ1) is 6.79. The summed E-state index contributed by atoms with van der Waals surface area (Å²) in [5, 5.41) is 0. The Morgan fingerprint density at radius 1 is 1.00 bits per heavy atom. The Bertz CT molecular complexity index is 225. The Morgan fingerprint density at radius 2 is 1.79 bits per heavy atom. The van der Waals surface area contributed by atoms with E-state index in [1.165, 1.54) is 19.3 Å². The molecular formula is C11H19NO2. The zero-order chi connectivity index (χ0) is 9.60. The van der Waals surface area contributed by atoms with Gasteiger partial charge in [-0.1, -0.05) is 6.42 Å². The van der Waals surface area contributed by atoms with Crippen molar-refractivity contribution >= 4 is 0 Å². The Kier molecular flexibility index (Phi) is 2.08. The van der Waals surface area contributed by atoms with E-state index in [0.717, 1.165) is 25.7 Å². The van der Waals surface area contributed by atoms with Gasteiger partial charge in [0.25, 0.3) is 0 Å². The van der Waals surface area contributed by atoms with Gasteiger partial charge in [0.2, 0.25) is 0 Å². The van der Waals surface area contributed by atoms with Crippen molar-refractivity contribution in [2.24, 2.45) is 5.73 Å². The average Bonchev–Trinajstić information content (AvgIpc) is 2.68. The van der Waals surface area contributed by atoms with Crippen LogP contribution in [-0.4, -0.2) is 24.0 Å². The smallest absolute Gasteiger partial charge is 0.169 e. The molecule has 0 amide bonds. The van der Waals surface area contributed by atoms with Gasteiger partial charge in [-0.05, 0) is 25.7 Å². The third-order valence-corrected chi connectivity index (χ3v) is 3.91. The van der Waals surface area contributed by atoms with Crippen molar-refractivity contribution in [3.8, 4) is 0 Å². The van der Waals surface area contributed by atoms with E-state index in [1.807, 2.05) is 0 Å². The summed E-state index contributed by atoms with van der Waals surface area (Å²) in [7, 11) is 0. The minimum atomic E-state index is -0.231. The lowest BCUT2D eigenvalue weighted by molar-refractivity contribution is -0.199. The second kappa shape index (κ2) is 3.19. The number of fused-ring (bicyclic) bond motifs is 1. The standard InChI is InChI=1S/C11H19NO2/c12-8-4-5-9-10(8)14-11(13-9)6-2-1-3-7-11/h8-10H,1-7,12H2/t8-,9-,10+/m1/s1. The molecule has 0 aromatic rings. The van der Waals surface area contributed by atoms with E-state index in [1.54, 1.807) is 0 Å². The number of hydrogen-bond donors (Lipinski definition) is 1. The van der Waals surface area contributed by atoms with Crippen LogP contribution in [0.1, 0.15) is 44.9 Å². The van der Waals surface area contributed by atoms with Gasteiger partial charge in [-0.25, -0.2) is 0 Å². The largest absolute Gasteiger partial charge is 0.344 e. The summed E-state index contributed by atoms with van der Waals surface area (Å²) in [6, 6.07) is 0.210. The molecule has 1 aliphatic heterocycles. The number of nitrogens with two attached hydrogens (primary N) is 1. The highest BCUT2D eigenvalue weighted by Gasteiger charge is 2.52. The van der Waals surface area contributed by atoms with Crippen molar-refractivity contribution in [3.05, 3.63) is 0 Å². The van der Waals surface area contributed by atoms with Gasteiger partial charge in [-0.2, -0.15) is 0 Å². The SMILES string of the molecule is N[C@@H]1CC[C@H]2OC3(CCCCC3)O[C@@H]12. The third kappa shape index (κ3) is 1.30. The zero-order valence-corrected chi connectivity index (χ0v) is 8.58. The Balaban J connectivity index is 1.74. The fourth-order valence-electron chi connectivity index (χ4n) is 3.13. The number of ether oxygens (including phenoxy) is 2. The van der Waals surface area contributed by atoms with Crippen molar-refractivity contribution in [3.63, 3.8) is 0 Å². The fourth-order valence-corrected chi connectivity index (χ4v) is 3.13. The fraction of sp³-hybridized carbons (Fsp3) is 1.00. The molecule has 3 heteroatoms. The van der Waals surface area contributed by atoms with Crippen molar-refractivity contribution in [2.75, 3.05) is 0 Å². The van der Waals surface area contributed by atoms with Crippen LogP contribution in [0.5, 0.6) is 0 Å². The van der Waals surface area contributed by atoms with Gasteiger partial charge in [-0.15, -0.1) is 0 Å². The third-order valence-electron chi connectivity index (χ3n) is 3.91. The van der Waals surface area contributed by atoms with Crippen LogP contribution in [0.25, 0.3) is 0 Å². The molecule has 1 heterocycles. The molecule has 0 aromatic carbocycles. The molecule has 2 N–H and O–H groups in total. The number of rotatable bonds is 0. The van der Waals surface area contributed by atoms with Gasteiger partial charge in [0.05, 0.1) is 6.10 Å². The second-order valence-corrected chi connectivity index (χ2v) is 4.95. The van der Waals surface area contributed by atoms with E-state index in [4.69, 9.17) is 15.2 Å². The Hall–Kier alpha value is -0.120. The van der Waals surface area contributed by atoms with Crippen LogP contribution in [0.2, 0.25) is 0 Å². The zero-order valence-electron chi connectivity index (χ0n) is 8.58. The first-order valence-electron chi connectivity index (χ1n) is 5.90. The summed E-state index contributed by atoms with van der Waals surface area (Å²) >= 11 is 0. The molecule has 0 bridgehead atoms. The predicted molar refractivity (Wildman–Crippen MR) is 52.8 cm³/mol. The van der Waals surface area contributed by atoms with Gasteiger partial charge in [0.15, 0.2) is 5.79 Å². The summed E-state index contributed by atoms with van der Waals surface area (Å²) in [5.74, 6) is -0.231. The maximum atomic E-state index is 6.08. The molecule has 3 aliphatic rings. The van der Waals surface area contributed by atoms with E-state index in [0.29, 0.717) is 6.10 Å². The van der Waals surface area contributed by atoms with Crippen molar-refractivity contribution in [2.45, 2.75) is 69.0 Å². The van der Waals surface area contributed by atoms with Crippen LogP contribution in [0.4, 0.5) is 0 Å². The normalized spacial score (nSPS) is 45.6. The molecular weight excluding hydrogens is 178 g/mol. The molecule has 14 heavy (non-hydrogen) atoms. The first kappa shape index (κ1) is 9.13. The molecule has 0 aromatic heterocycles. The molecule has 3 fully saturated rings. The van der Waals surface area contributed by atoms with E-state index in [-0.39, 0.29) is 17.9 Å². The Labute approximate surface area is 84.9 Å². The van der Waals surface area contributed by atoms with Crippen molar-refractivity contribution < 1.29 is 9.47 Å². The lowest BCUT2D eigenvalue weighted by Crippen LogP contribution is -2.38. The summed E-state index contributed by atoms with van der Waals surface area (Å²) in [6.07, 6.45) is 8.61. The first-order valence-corrected chi connectivity index (χ1v) is 5.90. The molecule has 0 radical (unpaired) electrons. The lowest BCUT2D eigenvalue weighted by atomic mass is 9.94. The van der Waals surface area contributed by atoms with Crippen LogP contribution >= 0.6 is 0 Å². The van der Waals surface area contributed by atoms with E-state index < -0.39 is 0 Å². The van der Waals surface area contributed by atoms with Gasteiger partial charge in [0, 0.05) is 18.9 Å². The van der Waals surface area contributed by atoms with Crippen molar-refractivity contribution in [1.29, 1.82) is 0 Å². The molecule has 3 nitrogen and oxygen atoms in total. The highest BCUT2D eigenvalue weighted by atomic mass is 16.8. The van der Waals surface area contributed by atoms with E-state index >= 15 is 0 Å². The minimum absolute atomic E-state index is 0.188. The van der Waals surface area contributed by atoms with Crippen LogP contribution in [0.15, 0.2) is 0 Å². The van der Waals surface area contributed by atoms with Gasteiger partial charge < -0.3 is 15.2 Å². The highest BCUT2D eigenvalue weighted by molar-refractivity contribution is 4.97. The minimum Gasteiger partial charge on any atom is -0.344 e. The topological polar surface area (TPSA) is 44.5 Å². The molecule has 3 atom stereocenters. The monoisotopic (exact) mass is 197 g/mol. The van der Waals surface area contributed by atoms with E-state index in [9.17, 15) is 0 Å². The van der Waals surface area contributed by atoms with Crippen LogP contribution in [0.3, 0.4) is 0 Å². The quantitative estimate of drug-likeness (QED) is 0.641. The van der Waals surface area contributed by atoms with Crippen LogP contribution in [0, 0.1) is 0 Å². The molecule has 1 spiro atoms. The predicted octanol–water partition coefficient (Wildman–Crippen LogP) is 1.55. The Morgan fingerprint density at radius 3 is 2.50 bits per heavy atom.